The van der Waals surface area contributed by atoms with Crippen molar-refractivity contribution in [1.29, 1.82) is 0 Å². The van der Waals surface area contributed by atoms with E-state index in [0.717, 1.165) is 12.8 Å². The molecule has 222 valence electrons. The first-order valence-electron chi connectivity index (χ1n) is 16.3. The van der Waals surface area contributed by atoms with E-state index in [1.54, 1.807) is 13.8 Å². The van der Waals surface area contributed by atoms with Crippen LogP contribution in [0.3, 0.4) is 0 Å². The summed E-state index contributed by atoms with van der Waals surface area (Å²) in [5.41, 5.74) is 0. The summed E-state index contributed by atoms with van der Waals surface area (Å²) < 4.78 is 10.6. The first-order valence-corrected chi connectivity index (χ1v) is 17.7. The molecule has 0 aliphatic carbocycles. The highest BCUT2D eigenvalue weighted by molar-refractivity contribution is 8.09. The van der Waals surface area contributed by atoms with E-state index in [1.165, 1.54) is 141 Å². The summed E-state index contributed by atoms with van der Waals surface area (Å²) in [5, 5.41) is 0. The van der Waals surface area contributed by atoms with Gasteiger partial charge in [-0.15, -0.1) is 11.5 Å². The number of carbonyl (C=O) groups excluding carboxylic acids is 2. The lowest BCUT2D eigenvalue weighted by molar-refractivity contribution is -0.136. The maximum Gasteiger partial charge on any atom is 0.328 e. The summed E-state index contributed by atoms with van der Waals surface area (Å²) in [6, 6.07) is 0. The minimum atomic E-state index is -1.40. The van der Waals surface area contributed by atoms with Crippen LogP contribution in [-0.2, 0) is 18.0 Å². The number of unbranched alkanes of at least 4 members (excludes halogenated alkanes) is 23. The van der Waals surface area contributed by atoms with E-state index in [9.17, 15) is 9.59 Å². The van der Waals surface area contributed by atoms with Gasteiger partial charge in [0.1, 0.15) is 0 Å². The summed E-state index contributed by atoms with van der Waals surface area (Å²) in [4.78, 5) is 23.1. The zero-order valence-electron chi connectivity index (χ0n) is 25.2. The van der Waals surface area contributed by atoms with Crippen molar-refractivity contribution in [2.24, 2.45) is 0 Å². The van der Waals surface area contributed by atoms with Crippen LogP contribution >= 0.6 is 11.5 Å². The van der Waals surface area contributed by atoms with E-state index >= 15 is 0 Å². The highest BCUT2D eigenvalue weighted by atomic mass is 32.2. The number of thiol groups is 1. The van der Waals surface area contributed by atoms with Crippen LogP contribution in [-0.4, -0.2) is 17.7 Å². The quantitative estimate of drug-likeness (QED) is 0.0751. The Balaban J connectivity index is 3.32. The van der Waals surface area contributed by atoms with E-state index < -0.39 is 11.5 Å². The van der Waals surface area contributed by atoms with Crippen molar-refractivity contribution in [2.75, 3.05) is 5.75 Å². The molecule has 0 bridgehead atoms. The molecule has 0 rings (SSSR count). The molecule has 0 aliphatic heterocycles. The van der Waals surface area contributed by atoms with Crippen LogP contribution in [0.15, 0.2) is 0 Å². The van der Waals surface area contributed by atoms with Crippen molar-refractivity contribution in [3.8, 4) is 0 Å². The second-order valence-electron chi connectivity index (χ2n) is 10.8. The largest absolute Gasteiger partial charge is 0.347 e. The average molecular weight is 545 g/mol. The van der Waals surface area contributed by atoms with Crippen molar-refractivity contribution in [3.63, 3.8) is 0 Å². The van der Waals surface area contributed by atoms with Gasteiger partial charge in [-0.1, -0.05) is 168 Å². The zero-order chi connectivity index (χ0) is 27.2. The molecule has 0 saturated heterocycles. The summed E-state index contributed by atoms with van der Waals surface area (Å²) >= 11 is -1.40. The van der Waals surface area contributed by atoms with E-state index in [0.29, 0.717) is 18.6 Å². The topological polar surface area (TPSA) is 52.6 Å². The van der Waals surface area contributed by atoms with E-state index in [4.69, 9.17) is 8.37 Å². The molecule has 5 heteroatoms. The van der Waals surface area contributed by atoms with Gasteiger partial charge in [0.05, 0.1) is 5.75 Å². The molecule has 0 N–H and O–H groups in total. The second-order valence-corrected chi connectivity index (χ2v) is 12.3. The molecule has 0 aromatic carbocycles. The van der Waals surface area contributed by atoms with Gasteiger partial charge in [-0.25, -0.2) is 0 Å². The Morgan fingerprint density at radius 1 is 0.405 bits per heavy atom. The first-order chi connectivity index (χ1) is 18.1. The van der Waals surface area contributed by atoms with Gasteiger partial charge in [-0.05, 0) is 6.42 Å². The van der Waals surface area contributed by atoms with Gasteiger partial charge in [-0.3, -0.25) is 9.59 Å². The minimum Gasteiger partial charge on any atom is -0.347 e. The maximum atomic E-state index is 11.5. The van der Waals surface area contributed by atoms with Crippen molar-refractivity contribution < 1.29 is 18.0 Å². The molecule has 0 atom stereocenters. The number of hydrogen-bond acceptors (Lipinski definition) is 4. The standard InChI is InChI=1S/C32H64O4S/c1-4-7-8-9-10-11-12-13-14-15-16-17-18-19-20-21-22-23-24-25-26-27-28-29-30-37(35-31(33)5-2)36-32(34)6-3/h37H,4-30H2,1-3H3. The molecule has 0 aliphatic rings. The Hall–Kier alpha value is -0.710. The SMILES string of the molecule is CCCCCCCCCCCCCCCCCCCCCCCCCC[SH](OC(=O)CC)OC(=O)CC. The predicted octanol–water partition coefficient (Wildman–Crippen LogP) is 11.1. The fourth-order valence-electron chi connectivity index (χ4n) is 4.67. The van der Waals surface area contributed by atoms with Crippen LogP contribution in [0.25, 0.3) is 0 Å². The molecule has 0 fully saturated rings. The molecule has 0 heterocycles. The smallest absolute Gasteiger partial charge is 0.328 e. The molecule has 0 radical (unpaired) electrons. The Morgan fingerprint density at radius 3 is 0.892 bits per heavy atom. The Morgan fingerprint density at radius 2 is 0.649 bits per heavy atom. The monoisotopic (exact) mass is 544 g/mol. The van der Waals surface area contributed by atoms with Crippen LogP contribution in [0.1, 0.15) is 188 Å². The van der Waals surface area contributed by atoms with Gasteiger partial charge >= 0.3 is 11.9 Å². The Kier molecular flexibility index (Phi) is 29.3. The molecule has 0 spiro atoms. The minimum absolute atomic E-state index is 0.278. The predicted molar refractivity (Wildman–Crippen MR) is 163 cm³/mol. The van der Waals surface area contributed by atoms with Crippen LogP contribution in [0.5, 0.6) is 0 Å². The van der Waals surface area contributed by atoms with Crippen molar-refractivity contribution in [2.45, 2.75) is 188 Å². The van der Waals surface area contributed by atoms with Gasteiger partial charge in [-0.2, -0.15) is 0 Å². The molecule has 0 amide bonds. The lowest BCUT2D eigenvalue weighted by atomic mass is 10.0. The first kappa shape index (κ1) is 36.3. The fourth-order valence-corrected chi connectivity index (χ4v) is 6.08. The molecule has 0 saturated carbocycles. The molecule has 0 unspecified atom stereocenters. The third kappa shape index (κ3) is 28.1. The van der Waals surface area contributed by atoms with E-state index in [1.807, 2.05) is 0 Å². The van der Waals surface area contributed by atoms with Crippen molar-refractivity contribution in [3.05, 3.63) is 0 Å². The van der Waals surface area contributed by atoms with E-state index in [-0.39, 0.29) is 11.9 Å². The maximum absolute atomic E-state index is 11.5. The second kappa shape index (κ2) is 29.8. The van der Waals surface area contributed by atoms with Crippen LogP contribution in [0.4, 0.5) is 0 Å². The molecular weight excluding hydrogens is 480 g/mol. The highest BCUT2D eigenvalue weighted by Gasteiger charge is 2.11. The molecule has 0 aromatic rings. The van der Waals surface area contributed by atoms with Gasteiger partial charge in [0, 0.05) is 12.8 Å². The van der Waals surface area contributed by atoms with Crippen LogP contribution in [0, 0.1) is 0 Å². The summed E-state index contributed by atoms with van der Waals surface area (Å²) in [7, 11) is 0. The van der Waals surface area contributed by atoms with Crippen molar-refractivity contribution >= 4 is 23.4 Å². The molecule has 37 heavy (non-hydrogen) atoms. The molecule has 4 nitrogen and oxygen atoms in total. The van der Waals surface area contributed by atoms with Crippen molar-refractivity contribution in [1.82, 2.24) is 0 Å². The van der Waals surface area contributed by atoms with Crippen LogP contribution in [0.2, 0.25) is 0 Å². The number of hydrogen-bond donors (Lipinski definition) is 1. The normalized spacial score (nSPS) is 11.5. The van der Waals surface area contributed by atoms with Gasteiger partial charge in [0.15, 0.2) is 0 Å². The number of rotatable bonds is 29. The van der Waals surface area contributed by atoms with Gasteiger partial charge in [0.2, 0.25) is 0 Å². The molecular formula is C32H64O4S. The summed E-state index contributed by atoms with van der Waals surface area (Å²) in [5.74, 6) is 0.116. The lowest BCUT2D eigenvalue weighted by Crippen LogP contribution is -2.09. The summed E-state index contributed by atoms with van der Waals surface area (Å²) in [6.45, 7) is 5.82. The average Bonchev–Trinajstić information content (AvgIpc) is 2.90. The zero-order valence-corrected chi connectivity index (χ0v) is 26.1. The Bertz CT molecular complexity index is 479. The van der Waals surface area contributed by atoms with Crippen LogP contribution < -0.4 is 0 Å². The highest BCUT2D eigenvalue weighted by Crippen LogP contribution is 2.31. The third-order valence-corrected chi connectivity index (χ3v) is 8.67. The summed E-state index contributed by atoms with van der Waals surface area (Å²) in [6.07, 6.45) is 33.7. The Labute approximate surface area is 234 Å². The van der Waals surface area contributed by atoms with E-state index in [2.05, 4.69) is 6.92 Å². The van der Waals surface area contributed by atoms with Gasteiger partial charge < -0.3 is 8.37 Å². The lowest BCUT2D eigenvalue weighted by Gasteiger charge is -2.24. The number of carbonyl (C=O) groups is 2. The molecule has 0 aromatic heterocycles. The fraction of sp³-hybridized carbons (Fsp3) is 0.938. The third-order valence-electron chi connectivity index (χ3n) is 7.18. The van der Waals surface area contributed by atoms with Gasteiger partial charge in [0.25, 0.3) is 0 Å².